The van der Waals surface area contributed by atoms with Gasteiger partial charge >= 0.3 is 0 Å². The van der Waals surface area contributed by atoms with Crippen molar-refractivity contribution in [1.82, 2.24) is 9.80 Å². The van der Waals surface area contributed by atoms with Crippen molar-refractivity contribution in [2.24, 2.45) is 4.40 Å². The summed E-state index contributed by atoms with van der Waals surface area (Å²) < 4.78 is 38.7. The average molecular weight is 417 g/mol. The minimum absolute atomic E-state index is 0.0599. The lowest BCUT2D eigenvalue weighted by Gasteiger charge is -2.31. The molecule has 9 heteroatoms. The maximum Gasteiger partial charge on any atom is 0.258 e. The Bertz CT molecular complexity index is 1020. The van der Waals surface area contributed by atoms with E-state index in [-0.39, 0.29) is 30.1 Å². The van der Waals surface area contributed by atoms with Gasteiger partial charge in [0.1, 0.15) is 11.5 Å². The normalized spacial score (nSPS) is 19.7. The Balaban J connectivity index is 1.66. The topological polar surface area (TPSA) is 88.5 Å². The van der Waals surface area contributed by atoms with Crippen molar-refractivity contribution < 1.29 is 22.7 Å². The minimum Gasteiger partial charge on any atom is -0.497 e. The third kappa shape index (κ3) is 4.00. The van der Waals surface area contributed by atoms with E-state index in [0.717, 1.165) is 18.4 Å². The molecular formula is C20H23N3O5S. The van der Waals surface area contributed by atoms with Crippen LogP contribution in [0, 0.1) is 0 Å². The van der Waals surface area contributed by atoms with Crippen molar-refractivity contribution >= 4 is 21.8 Å². The highest BCUT2D eigenvalue weighted by molar-refractivity contribution is 7.90. The van der Waals surface area contributed by atoms with E-state index in [4.69, 9.17) is 9.47 Å². The predicted octanol–water partition coefficient (Wildman–Crippen LogP) is 1.69. The predicted molar refractivity (Wildman–Crippen MR) is 108 cm³/mol. The van der Waals surface area contributed by atoms with Crippen LogP contribution in [0.25, 0.3) is 0 Å². The van der Waals surface area contributed by atoms with Gasteiger partial charge in [-0.15, -0.1) is 4.40 Å². The highest BCUT2D eigenvalue weighted by Gasteiger charge is 2.38. The van der Waals surface area contributed by atoms with Crippen LogP contribution in [0.3, 0.4) is 0 Å². The van der Waals surface area contributed by atoms with Crippen LogP contribution in [-0.2, 0) is 21.4 Å². The van der Waals surface area contributed by atoms with E-state index in [2.05, 4.69) is 4.40 Å². The summed E-state index contributed by atoms with van der Waals surface area (Å²) in [5, 5.41) is 0. The van der Waals surface area contributed by atoms with Crippen LogP contribution in [0.4, 0.5) is 0 Å². The third-order valence-electron chi connectivity index (χ3n) is 5.16. The Labute approximate surface area is 170 Å². The van der Waals surface area contributed by atoms with Gasteiger partial charge in [-0.25, -0.2) is 8.42 Å². The van der Waals surface area contributed by atoms with Crippen molar-refractivity contribution in [3.63, 3.8) is 0 Å². The second-order valence-corrected chi connectivity index (χ2v) is 8.91. The molecule has 1 saturated carbocycles. The number of carbonyl (C=O) groups is 1. The molecule has 0 unspecified atom stereocenters. The van der Waals surface area contributed by atoms with Gasteiger partial charge in [0, 0.05) is 24.4 Å². The second kappa shape index (κ2) is 7.55. The van der Waals surface area contributed by atoms with Crippen LogP contribution in [-0.4, -0.2) is 62.5 Å². The summed E-state index contributed by atoms with van der Waals surface area (Å²) >= 11 is 0. The maximum absolute atomic E-state index is 13.5. The fraction of sp³-hybridized carbons (Fsp3) is 0.400. The lowest BCUT2D eigenvalue weighted by molar-refractivity contribution is -0.127. The van der Waals surface area contributed by atoms with Crippen molar-refractivity contribution in [3.8, 4) is 11.5 Å². The fourth-order valence-electron chi connectivity index (χ4n) is 3.48. The van der Waals surface area contributed by atoms with Crippen molar-refractivity contribution in [3.05, 3.63) is 47.7 Å². The number of fused-ring (bicyclic) bond motifs is 1. The zero-order valence-electron chi connectivity index (χ0n) is 16.4. The number of rotatable bonds is 6. The Kier molecular flexibility index (Phi) is 5.08. The smallest absolute Gasteiger partial charge is 0.258 e. The maximum atomic E-state index is 13.5. The molecule has 0 bridgehead atoms. The molecule has 1 aromatic rings. The van der Waals surface area contributed by atoms with Crippen molar-refractivity contribution in [1.29, 1.82) is 0 Å². The van der Waals surface area contributed by atoms with E-state index >= 15 is 0 Å². The summed E-state index contributed by atoms with van der Waals surface area (Å²) in [7, 11) is -0.390. The summed E-state index contributed by atoms with van der Waals surface area (Å²) in [5.41, 5.74) is 1.12. The first-order valence-electron chi connectivity index (χ1n) is 9.42. The summed E-state index contributed by atoms with van der Waals surface area (Å²) in [6.45, 7) is 0.625. The van der Waals surface area contributed by atoms with E-state index < -0.39 is 10.0 Å². The number of allylic oxidation sites excluding steroid dienone is 2. The van der Waals surface area contributed by atoms with Crippen LogP contribution in [0.15, 0.2) is 46.5 Å². The summed E-state index contributed by atoms with van der Waals surface area (Å²) in [5.74, 6) is 1.25. The summed E-state index contributed by atoms with van der Waals surface area (Å²) in [6.07, 6.45) is 6.96. The molecule has 2 heterocycles. The van der Waals surface area contributed by atoms with Gasteiger partial charge in [-0.3, -0.25) is 4.79 Å². The molecule has 1 fully saturated rings. The number of benzene rings is 1. The molecule has 1 aliphatic carbocycles. The molecule has 0 N–H and O–H groups in total. The third-order valence-corrected chi connectivity index (χ3v) is 6.31. The van der Waals surface area contributed by atoms with E-state index in [1.54, 1.807) is 48.4 Å². The molecular weight excluding hydrogens is 394 g/mol. The average Bonchev–Trinajstić information content (AvgIpc) is 3.55. The van der Waals surface area contributed by atoms with Gasteiger partial charge < -0.3 is 19.3 Å². The monoisotopic (exact) mass is 417 g/mol. The highest BCUT2D eigenvalue weighted by atomic mass is 32.2. The fourth-order valence-corrected chi connectivity index (χ4v) is 4.47. The number of ether oxygens (including phenoxy) is 2. The molecule has 8 nitrogen and oxygen atoms in total. The molecule has 2 aliphatic heterocycles. The molecule has 1 amide bonds. The SMILES string of the molecule is COc1ccc(OC)c(CN(C(=O)C2=CC=CN3CCS(=O)(=O)N=C23)C2CC2)c1. The van der Waals surface area contributed by atoms with Gasteiger partial charge in [0.05, 0.1) is 32.1 Å². The number of amidine groups is 1. The van der Waals surface area contributed by atoms with Gasteiger partial charge in [0.2, 0.25) is 0 Å². The lowest BCUT2D eigenvalue weighted by atomic mass is 10.1. The number of nitrogens with zero attached hydrogens (tertiary/aromatic N) is 3. The Hall–Kier alpha value is -2.81. The van der Waals surface area contributed by atoms with Crippen LogP contribution < -0.4 is 9.47 Å². The summed E-state index contributed by atoms with van der Waals surface area (Å²) in [6, 6.07) is 5.58. The van der Waals surface area contributed by atoms with E-state index in [1.807, 2.05) is 12.1 Å². The van der Waals surface area contributed by atoms with Crippen LogP contribution in [0.1, 0.15) is 18.4 Å². The van der Waals surface area contributed by atoms with Crippen LogP contribution in [0.5, 0.6) is 11.5 Å². The molecule has 0 radical (unpaired) electrons. The Morgan fingerprint density at radius 2 is 2.07 bits per heavy atom. The molecule has 154 valence electrons. The first kappa shape index (κ1) is 19.5. The molecule has 0 saturated heterocycles. The van der Waals surface area contributed by atoms with E-state index in [9.17, 15) is 13.2 Å². The Morgan fingerprint density at radius 3 is 2.76 bits per heavy atom. The first-order chi connectivity index (χ1) is 13.9. The quantitative estimate of drug-likeness (QED) is 0.700. The zero-order valence-corrected chi connectivity index (χ0v) is 17.2. The number of carbonyl (C=O) groups excluding carboxylic acids is 1. The first-order valence-corrected chi connectivity index (χ1v) is 11.0. The summed E-state index contributed by atoms with van der Waals surface area (Å²) in [4.78, 5) is 16.9. The van der Waals surface area contributed by atoms with Crippen molar-refractivity contribution in [2.45, 2.75) is 25.4 Å². The second-order valence-electron chi connectivity index (χ2n) is 7.16. The molecule has 4 rings (SSSR count). The van der Waals surface area contributed by atoms with Gasteiger partial charge in [0.15, 0.2) is 5.84 Å². The van der Waals surface area contributed by atoms with E-state index in [1.165, 1.54) is 0 Å². The van der Waals surface area contributed by atoms with Gasteiger partial charge in [0.25, 0.3) is 15.9 Å². The number of methoxy groups -OCH3 is 2. The van der Waals surface area contributed by atoms with Crippen LogP contribution in [0.2, 0.25) is 0 Å². The van der Waals surface area contributed by atoms with Gasteiger partial charge in [-0.05, 0) is 43.2 Å². The lowest BCUT2D eigenvalue weighted by Crippen LogP contribution is -2.44. The molecule has 0 atom stereocenters. The van der Waals surface area contributed by atoms with E-state index in [0.29, 0.717) is 23.6 Å². The van der Waals surface area contributed by atoms with Gasteiger partial charge in [-0.2, -0.15) is 0 Å². The highest BCUT2D eigenvalue weighted by Crippen LogP contribution is 2.34. The van der Waals surface area contributed by atoms with Crippen LogP contribution >= 0.6 is 0 Å². The number of sulfonamides is 1. The largest absolute Gasteiger partial charge is 0.497 e. The standard InChI is InChI=1S/C20H23N3O5S/c1-27-16-7-8-18(28-2)14(12-16)13-23(15-5-6-15)20(24)17-4-3-9-22-10-11-29(25,26)21-19(17)22/h3-4,7-9,12,15H,5-6,10-11,13H2,1-2H3. The number of hydrogen-bond acceptors (Lipinski definition) is 6. The number of amides is 1. The van der Waals surface area contributed by atoms with Gasteiger partial charge in [-0.1, -0.05) is 0 Å². The molecule has 1 aromatic carbocycles. The van der Waals surface area contributed by atoms with Crippen molar-refractivity contribution in [2.75, 3.05) is 26.5 Å². The molecule has 29 heavy (non-hydrogen) atoms. The number of hydrogen-bond donors (Lipinski definition) is 0. The molecule has 0 aromatic heterocycles. The minimum atomic E-state index is -3.56. The molecule has 3 aliphatic rings. The molecule has 0 spiro atoms. The zero-order chi connectivity index (χ0) is 20.6. The Morgan fingerprint density at radius 1 is 1.28 bits per heavy atom.